The van der Waals surface area contributed by atoms with Gasteiger partial charge in [0.2, 0.25) is 0 Å². The molecule has 1 heterocycles. The minimum atomic E-state index is 0.970. The molecular weight excluding hydrogens is 787 g/mol. The van der Waals surface area contributed by atoms with Crippen LogP contribution in [0.3, 0.4) is 0 Å². The van der Waals surface area contributed by atoms with Crippen molar-refractivity contribution in [2.75, 3.05) is 9.80 Å². The molecule has 0 aliphatic heterocycles. The maximum atomic E-state index is 4.18. The predicted octanol–water partition coefficient (Wildman–Crippen LogP) is 17.5. The normalized spacial score (nSPS) is 12.0. The van der Waals surface area contributed by atoms with Crippen molar-refractivity contribution in [3.05, 3.63) is 273 Å². The summed E-state index contributed by atoms with van der Waals surface area (Å²) in [7, 11) is 0. The summed E-state index contributed by atoms with van der Waals surface area (Å²) in [6.07, 6.45) is 16.3. The first-order chi connectivity index (χ1) is 32.1. The smallest absolute Gasteiger partial charge is 0.0547 e. The van der Waals surface area contributed by atoms with Crippen molar-refractivity contribution >= 4 is 55.8 Å². The second-order valence-electron chi connectivity index (χ2n) is 15.8. The van der Waals surface area contributed by atoms with E-state index in [1.54, 1.807) is 0 Å². The molecule has 8 aromatic carbocycles. The molecule has 0 aliphatic carbocycles. The van der Waals surface area contributed by atoms with Gasteiger partial charge in [-0.05, 0) is 138 Å². The average molecular weight is 838 g/mol. The van der Waals surface area contributed by atoms with E-state index in [-0.39, 0.29) is 0 Å². The molecule has 0 saturated heterocycles. The number of rotatable bonds is 14. The van der Waals surface area contributed by atoms with Crippen LogP contribution in [0.2, 0.25) is 0 Å². The molecule has 3 nitrogen and oxygen atoms in total. The molecule has 0 atom stereocenters. The van der Waals surface area contributed by atoms with E-state index >= 15 is 0 Å². The molecule has 3 heteroatoms. The van der Waals surface area contributed by atoms with E-state index in [9.17, 15) is 0 Å². The summed E-state index contributed by atoms with van der Waals surface area (Å²) in [6.45, 7) is 12.4. The number of nitrogens with zero attached hydrogens (tertiary/aromatic N) is 3. The van der Waals surface area contributed by atoms with Gasteiger partial charge in [-0.15, -0.1) is 0 Å². The Hall–Kier alpha value is -8.40. The molecule has 9 aromatic rings. The second-order valence-corrected chi connectivity index (χ2v) is 15.8. The first-order valence-corrected chi connectivity index (χ1v) is 22.1. The van der Waals surface area contributed by atoms with Gasteiger partial charge in [-0.1, -0.05) is 171 Å². The van der Waals surface area contributed by atoms with Crippen molar-refractivity contribution < 1.29 is 0 Å². The number of allylic oxidation sites excluding steroid dienone is 9. The van der Waals surface area contributed by atoms with Crippen LogP contribution in [0.15, 0.2) is 268 Å². The number of para-hydroxylation sites is 3. The van der Waals surface area contributed by atoms with Crippen molar-refractivity contribution in [1.82, 2.24) is 4.57 Å². The first kappa shape index (κ1) is 41.9. The molecule has 65 heavy (non-hydrogen) atoms. The summed E-state index contributed by atoms with van der Waals surface area (Å²) in [5, 5.41) is 2.43. The zero-order valence-electron chi connectivity index (χ0n) is 36.9. The van der Waals surface area contributed by atoms with Crippen LogP contribution in [-0.2, 0) is 0 Å². The Balaban J connectivity index is 1.34. The van der Waals surface area contributed by atoms with Crippen LogP contribution in [0.4, 0.5) is 28.4 Å². The predicted molar refractivity (Wildman–Crippen MR) is 281 cm³/mol. The van der Waals surface area contributed by atoms with Gasteiger partial charge in [-0.3, -0.25) is 0 Å². The van der Waals surface area contributed by atoms with E-state index in [1.807, 2.05) is 25.2 Å². The lowest BCUT2D eigenvalue weighted by Crippen LogP contribution is -2.17. The number of fused-ring (bicyclic) bond motifs is 3. The van der Waals surface area contributed by atoms with E-state index in [0.717, 1.165) is 78.7 Å². The van der Waals surface area contributed by atoms with Gasteiger partial charge in [0.25, 0.3) is 0 Å². The molecule has 0 N–H and O–H groups in total. The van der Waals surface area contributed by atoms with Gasteiger partial charge in [0.05, 0.1) is 11.0 Å². The van der Waals surface area contributed by atoms with Crippen molar-refractivity contribution in [3.8, 4) is 27.9 Å². The summed E-state index contributed by atoms with van der Waals surface area (Å²) >= 11 is 0. The van der Waals surface area contributed by atoms with Gasteiger partial charge < -0.3 is 14.4 Å². The second kappa shape index (κ2) is 19.3. The van der Waals surface area contributed by atoms with E-state index < -0.39 is 0 Å². The Labute approximate surface area is 383 Å². The lowest BCUT2D eigenvalue weighted by atomic mass is 9.99. The minimum absolute atomic E-state index is 0.970. The Morgan fingerprint density at radius 2 is 1.09 bits per heavy atom. The highest BCUT2D eigenvalue weighted by atomic mass is 15.2. The van der Waals surface area contributed by atoms with Crippen LogP contribution in [0.5, 0.6) is 0 Å². The third kappa shape index (κ3) is 8.69. The quantitative estimate of drug-likeness (QED) is 0.101. The lowest BCUT2D eigenvalue weighted by Gasteiger charge is -2.31. The minimum Gasteiger partial charge on any atom is -0.310 e. The average Bonchev–Trinajstić information content (AvgIpc) is 3.69. The summed E-state index contributed by atoms with van der Waals surface area (Å²) in [5.41, 5.74) is 16.1. The van der Waals surface area contributed by atoms with Gasteiger partial charge >= 0.3 is 0 Å². The van der Waals surface area contributed by atoms with Crippen LogP contribution in [0, 0.1) is 0 Å². The lowest BCUT2D eigenvalue weighted by molar-refractivity contribution is 1.18. The van der Waals surface area contributed by atoms with E-state index in [1.165, 1.54) is 16.3 Å². The highest BCUT2D eigenvalue weighted by Crippen LogP contribution is 2.44. The summed E-state index contributed by atoms with van der Waals surface area (Å²) in [5.74, 6) is 0. The molecule has 0 aliphatic rings. The summed E-state index contributed by atoms with van der Waals surface area (Å²) in [6, 6.07) is 72.0. The zero-order chi connectivity index (χ0) is 44.5. The van der Waals surface area contributed by atoms with Crippen molar-refractivity contribution in [2.24, 2.45) is 0 Å². The van der Waals surface area contributed by atoms with Crippen LogP contribution in [-0.4, -0.2) is 4.57 Å². The Bertz CT molecular complexity index is 3260. The van der Waals surface area contributed by atoms with Crippen molar-refractivity contribution in [1.29, 1.82) is 0 Å². The van der Waals surface area contributed by atoms with Gasteiger partial charge in [-0.2, -0.15) is 0 Å². The Morgan fingerprint density at radius 3 is 1.85 bits per heavy atom. The number of hydrogen-bond donors (Lipinski definition) is 0. The molecule has 0 fully saturated rings. The fraction of sp³-hybridized carbons (Fsp3) is 0.0323. The topological polar surface area (TPSA) is 11.4 Å². The van der Waals surface area contributed by atoms with Crippen LogP contribution >= 0.6 is 0 Å². The maximum absolute atomic E-state index is 4.18. The van der Waals surface area contributed by atoms with Gasteiger partial charge in [0.1, 0.15) is 0 Å². The summed E-state index contributed by atoms with van der Waals surface area (Å²) < 4.78 is 2.39. The summed E-state index contributed by atoms with van der Waals surface area (Å²) in [4.78, 5) is 4.70. The molecule has 0 amide bonds. The third-order valence-electron chi connectivity index (χ3n) is 11.7. The molecule has 0 bridgehead atoms. The first-order valence-electron chi connectivity index (χ1n) is 22.1. The van der Waals surface area contributed by atoms with Crippen LogP contribution in [0.1, 0.15) is 19.4 Å². The number of anilines is 5. The van der Waals surface area contributed by atoms with Crippen LogP contribution in [0.25, 0.3) is 55.3 Å². The maximum Gasteiger partial charge on any atom is 0.0547 e. The molecular formula is C62H51N3. The molecule has 0 radical (unpaired) electrons. The molecule has 9 rings (SSSR count). The van der Waals surface area contributed by atoms with E-state index in [2.05, 4.69) is 265 Å². The van der Waals surface area contributed by atoms with Gasteiger partial charge in [-0.25, -0.2) is 0 Å². The fourth-order valence-corrected chi connectivity index (χ4v) is 8.75. The Kier molecular flexibility index (Phi) is 12.5. The van der Waals surface area contributed by atoms with Gasteiger partial charge in [0, 0.05) is 50.6 Å². The van der Waals surface area contributed by atoms with Crippen molar-refractivity contribution in [2.45, 2.75) is 13.8 Å². The largest absolute Gasteiger partial charge is 0.310 e. The molecule has 0 spiro atoms. The Morgan fingerprint density at radius 1 is 0.462 bits per heavy atom. The number of benzene rings is 8. The van der Waals surface area contributed by atoms with E-state index in [4.69, 9.17) is 0 Å². The highest BCUT2D eigenvalue weighted by Gasteiger charge is 2.22. The zero-order valence-corrected chi connectivity index (χ0v) is 36.9. The molecule has 0 saturated carbocycles. The van der Waals surface area contributed by atoms with Gasteiger partial charge in [0.15, 0.2) is 0 Å². The fourth-order valence-electron chi connectivity index (χ4n) is 8.75. The third-order valence-corrected chi connectivity index (χ3v) is 11.7. The molecule has 0 unspecified atom stereocenters. The number of aromatic nitrogens is 1. The number of hydrogen-bond acceptors (Lipinski definition) is 2. The monoisotopic (exact) mass is 837 g/mol. The van der Waals surface area contributed by atoms with Crippen LogP contribution < -0.4 is 9.80 Å². The standard InChI is InChI=1S/C62H51N3/c1-5-9-25-46(8-4)48-28-21-34-55(40-48)63(52(23-6-2)24-7-3)57-42-51(50-38-39-60-59-36-19-20-37-61(59)65(62(60)44-50)54-32-17-12-18-33-54)43-58(45-57)64(53-30-15-11-16-31-53)56-35-22-29-49(41-56)47-26-13-10-14-27-47/h5-45H,2,4H2,1,3H3/b9-5-,24-7-,46-25+,52-23+. The SMILES string of the molecule is C=C/C=C(\C=C/C)N(c1cccc(/C(C=C)=C/C=C\C)c1)c1cc(-c2ccc3c4ccccc4n(-c4ccccc4)c3c2)cc(N(c2ccccc2)c2cccc(-c3ccccc3)c2)c1. The van der Waals surface area contributed by atoms with Crippen molar-refractivity contribution in [3.63, 3.8) is 0 Å². The highest BCUT2D eigenvalue weighted by molar-refractivity contribution is 6.10. The molecule has 314 valence electrons. The molecule has 1 aromatic heterocycles. The van der Waals surface area contributed by atoms with E-state index in [0.29, 0.717) is 0 Å².